The lowest BCUT2D eigenvalue weighted by molar-refractivity contribution is 0.569. The Bertz CT molecular complexity index is 621. The topological polar surface area (TPSA) is 54.2 Å². The van der Waals surface area contributed by atoms with Crippen LogP contribution in [-0.4, -0.2) is 29.3 Å². The Hall–Kier alpha value is -2.37. The Morgan fingerprint density at radius 1 is 1.32 bits per heavy atom. The Labute approximate surface area is 130 Å². The molecule has 0 amide bonds. The van der Waals surface area contributed by atoms with Gasteiger partial charge in [-0.25, -0.2) is 4.39 Å². The fourth-order valence-electron chi connectivity index (χ4n) is 2.08. The maximum Gasteiger partial charge on any atom is 0.191 e. The molecular weight excluding hydrogens is 281 g/mol. The fourth-order valence-corrected chi connectivity index (χ4v) is 2.08. The fraction of sp³-hybridized carbons (Fsp3) is 0.375. The van der Waals surface area contributed by atoms with Gasteiger partial charge in [0.2, 0.25) is 0 Å². The summed E-state index contributed by atoms with van der Waals surface area (Å²) < 4.78 is 15.5. The first-order valence-corrected chi connectivity index (χ1v) is 7.36. The predicted molar refractivity (Wildman–Crippen MR) is 86.2 cm³/mol. The van der Waals surface area contributed by atoms with Gasteiger partial charge in [0.25, 0.3) is 0 Å². The molecule has 118 valence electrons. The summed E-state index contributed by atoms with van der Waals surface area (Å²) in [7, 11) is 1.70. The van der Waals surface area contributed by atoms with Crippen molar-refractivity contribution < 1.29 is 4.39 Å². The first-order valence-electron chi connectivity index (χ1n) is 7.36. The molecule has 2 aromatic rings. The van der Waals surface area contributed by atoms with Gasteiger partial charge in [0.15, 0.2) is 5.96 Å². The Balaban J connectivity index is 1.70. The lowest BCUT2D eigenvalue weighted by atomic mass is 10.2. The Morgan fingerprint density at radius 3 is 2.82 bits per heavy atom. The standard InChI is InChI=1S/C16H22FN5/c1-13-10-21-22(12-13)9-5-8-19-16(18-2)20-11-14-6-3-4-7-15(14)17/h3-4,6-7,10,12H,5,8-9,11H2,1-2H3,(H2,18,19,20). The Kier molecular flexibility index (Phi) is 5.94. The van der Waals surface area contributed by atoms with Crippen molar-refractivity contribution in [3.63, 3.8) is 0 Å². The molecule has 1 aromatic heterocycles. The van der Waals surface area contributed by atoms with E-state index >= 15 is 0 Å². The van der Waals surface area contributed by atoms with Gasteiger partial charge in [-0.2, -0.15) is 5.10 Å². The zero-order valence-corrected chi connectivity index (χ0v) is 13.0. The number of benzene rings is 1. The lowest BCUT2D eigenvalue weighted by Crippen LogP contribution is -2.37. The number of aromatic nitrogens is 2. The zero-order valence-electron chi connectivity index (χ0n) is 13.0. The lowest BCUT2D eigenvalue weighted by Gasteiger charge is -2.12. The summed E-state index contributed by atoms with van der Waals surface area (Å²) in [6.45, 7) is 4.06. The average Bonchev–Trinajstić information content (AvgIpc) is 2.93. The molecule has 0 fully saturated rings. The highest BCUT2D eigenvalue weighted by Gasteiger charge is 2.02. The van der Waals surface area contributed by atoms with Gasteiger partial charge in [-0.3, -0.25) is 9.67 Å². The molecule has 1 heterocycles. The largest absolute Gasteiger partial charge is 0.356 e. The minimum absolute atomic E-state index is 0.209. The number of nitrogens with one attached hydrogen (secondary N) is 2. The second-order valence-corrected chi connectivity index (χ2v) is 5.08. The number of aliphatic imine (C=N–C) groups is 1. The number of hydrogen-bond donors (Lipinski definition) is 2. The molecule has 0 saturated carbocycles. The first kappa shape index (κ1) is 16.0. The molecule has 0 bridgehead atoms. The van der Waals surface area contributed by atoms with Crippen LogP contribution < -0.4 is 10.6 Å². The highest BCUT2D eigenvalue weighted by atomic mass is 19.1. The summed E-state index contributed by atoms with van der Waals surface area (Å²) in [5.41, 5.74) is 1.78. The average molecular weight is 303 g/mol. The van der Waals surface area contributed by atoms with Crippen LogP contribution in [0.25, 0.3) is 0 Å². The van der Waals surface area contributed by atoms with Gasteiger partial charge in [-0.1, -0.05) is 18.2 Å². The van der Waals surface area contributed by atoms with Crippen molar-refractivity contribution in [1.29, 1.82) is 0 Å². The van der Waals surface area contributed by atoms with E-state index < -0.39 is 0 Å². The third-order valence-corrected chi connectivity index (χ3v) is 3.25. The van der Waals surface area contributed by atoms with Crippen LogP contribution in [0.2, 0.25) is 0 Å². The highest BCUT2D eigenvalue weighted by molar-refractivity contribution is 5.79. The van der Waals surface area contributed by atoms with Crippen molar-refractivity contribution in [1.82, 2.24) is 20.4 Å². The monoisotopic (exact) mass is 303 g/mol. The molecule has 0 aliphatic carbocycles. The second-order valence-electron chi connectivity index (χ2n) is 5.08. The van der Waals surface area contributed by atoms with Crippen molar-refractivity contribution in [2.45, 2.75) is 26.4 Å². The molecule has 5 nitrogen and oxygen atoms in total. The van der Waals surface area contributed by atoms with Crippen molar-refractivity contribution in [3.8, 4) is 0 Å². The van der Waals surface area contributed by atoms with Gasteiger partial charge in [0, 0.05) is 38.4 Å². The molecule has 0 radical (unpaired) electrons. The van der Waals surface area contributed by atoms with Gasteiger partial charge < -0.3 is 10.6 Å². The van der Waals surface area contributed by atoms with Crippen LogP contribution in [0.15, 0.2) is 41.7 Å². The molecule has 0 aliphatic heterocycles. The number of rotatable bonds is 6. The molecule has 1 aromatic carbocycles. The summed E-state index contributed by atoms with van der Waals surface area (Å²) in [5, 5.41) is 10.6. The van der Waals surface area contributed by atoms with E-state index in [9.17, 15) is 4.39 Å². The van der Waals surface area contributed by atoms with Gasteiger partial charge >= 0.3 is 0 Å². The van der Waals surface area contributed by atoms with Gasteiger partial charge in [0.1, 0.15) is 5.82 Å². The molecule has 0 unspecified atom stereocenters. The van der Waals surface area contributed by atoms with Gasteiger partial charge in [-0.05, 0) is 25.0 Å². The molecule has 22 heavy (non-hydrogen) atoms. The third-order valence-electron chi connectivity index (χ3n) is 3.25. The third kappa shape index (κ3) is 4.87. The summed E-state index contributed by atoms with van der Waals surface area (Å²) >= 11 is 0. The quantitative estimate of drug-likeness (QED) is 0.488. The number of hydrogen-bond acceptors (Lipinski definition) is 2. The van der Waals surface area contributed by atoms with Crippen LogP contribution >= 0.6 is 0 Å². The first-order chi connectivity index (χ1) is 10.7. The molecule has 0 aliphatic rings. The van der Waals surface area contributed by atoms with Crippen LogP contribution in [0.1, 0.15) is 17.5 Å². The molecule has 0 saturated heterocycles. The maximum absolute atomic E-state index is 13.5. The minimum atomic E-state index is -0.209. The van der Waals surface area contributed by atoms with Crippen molar-refractivity contribution >= 4 is 5.96 Å². The van der Waals surface area contributed by atoms with Gasteiger partial charge in [-0.15, -0.1) is 0 Å². The van der Waals surface area contributed by atoms with E-state index in [4.69, 9.17) is 0 Å². The normalized spacial score (nSPS) is 11.5. The van der Waals surface area contributed by atoms with E-state index in [-0.39, 0.29) is 5.82 Å². The highest BCUT2D eigenvalue weighted by Crippen LogP contribution is 2.05. The van der Waals surface area contributed by atoms with Crippen LogP contribution in [-0.2, 0) is 13.1 Å². The summed E-state index contributed by atoms with van der Waals surface area (Å²) in [5.74, 6) is 0.458. The summed E-state index contributed by atoms with van der Waals surface area (Å²) in [6, 6.07) is 6.72. The van der Waals surface area contributed by atoms with E-state index in [1.807, 2.05) is 30.1 Å². The van der Waals surface area contributed by atoms with Crippen LogP contribution in [0.3, 0.4) is 0 Å². The molecule has 2 N–H and O–H groups in total. The number of aryl methyl sites for hydroxylation is 2. The minimum Gasteiger partial charge on any atom is -0.356 e. The van der Waals surface area contributed by atoms with Crippen molar-refractivity contribution in [2.75, 3.05) is 13.6 Å². The molecule has 0 atom stereocenters. The van der Waals surface area contributed by atoms with Crippen molar-refractivity contribution in [3.05, 3.63) is 53.6 Å². The molecular formula is C16H22FN5. The summed E-state index contributed by atoms with van der Waals surface area (Å²) in [4.78, 5) is 4.13. The smallest absolute Gasteiger partial charge is 0.191 e. The number of halogens is 1. The molecule has 6 heteroatoms. The molecule has 2 rings (SSSR count). The Morgan fingerprint density at radius 2 is 2.14 bits per heavy atom. The predicted octanol–water partition coefficient (Wildman–Crippen LogP) is 2.09. The maximum atomic E-state index is 13.5. The second kappa shape index (κ2) is 8.17. The van der Waals surface area contributed by atoms with E-state index in [1.54, 1.807) is 19.2 Å². The van der Waals surface area contributed by atoms with Crippen LogP contribution in [0, 0.1) is 12.7 Å². The van der Waals surface area contributed by atoms with Crippen LogP contribution in [0.5, 0.6) is 0 Å². The molecule has 0 spiro atoms. The zero-order chi connectivity index (χ0) is 15.8. The number of nitrogens with zero attached hydrogens (tertiary/aromatic N) is 3. The summed E-state index contributed by atoms with van der Waals surface area (Å²) in [6.07, 6.45) is 4.80. The van der Waals surface area contributed by atoms with Gasteiger partial charge in [0.05, 0.1) is 6.20 Å². The van der Waals surface area contributed by atoms with E-state index in [0.29, 0.717) is 18.1 Å². The van der Waals surface area contributed by atoms with E-state index in [1.165, 1.54) is 6.07 Å². The SMILES string of the molecule is CN=C(NCCCn1cc(C)cn1)NCc1ccccc1F. The van der Waals surface area contributed by atoms with Crippen molar-refractivity contribution in [2.24, 2.45) is 4.99 Å². The number of guanidine groups is 1. The van der Waals surface area contributed by atoms with E-state index in [0.717, 1.165) is 25.1 Å². The van der Waals surface area contributed by atoms with E-state index in [2.05, 4.69) is 20.7 Å². The van der Waals surface area contributed by atoms with Crippen LogP contribution in [0.4, 0.5) is 4.39 Å².